The summed E-state index contributed by atoms with van der Waals surface area (Å²) in [6, 6.07) is -0.136. The van der Waals surface area contributed by atoms with Crippen molar-refractivity contribution in [3.63, 3.8) is 0 Å². The minimum absolute atomic E-state index is 0.0340. The topological polar surface area (TPSA) is 75.8 Å². The normalized spacial score (nSPS) is 19.7. The number of nitrogens with two attached hydrogens (primary N) is 1. The molecule has 0 aromatic rings. The molecule has 1 atom stereocenters. The van der Waals surface area contributed by atoms with E-state index in [0.717, 1.165) is 32.4 Å². The van der Waals surface area contributed by atoms with Gasteiger partial charge in [-0.05, 0) is 46.0 Å². The van der Waals surface area contributed by atoms with Gasteiger partial charge in [0.1, 0.15) is 5.60 Å². The van der Waals surface area contributed by atoms with Crippen molar-refractivity contribution in [2.24, 2.45) is 11.7 Å². The maximum absolute atomic E-state index is 11.8. The van der Waals surface area contributed by atoms with Crippen molar-refractivity contribution in [3.8, 4) is 0 Å². The van der Waals surface area contributed by atoms with Crippen LogP contribution in [0, 0.1) is 5.92 Å². The number of carbonyl (C=O) groups is 1. The van der Waals surface area contributed by atoms with Gasteiger partial charge in [0.25, 0.3) is 0 Å². The highest BCUT2D eigenvalue weighted by molar-refractivity contribution is 5.68. The highest BCUT2D eigenvalue weighted by Crippen LogP contribution is 2.22. The Hall–Kier alpha value is -0.810. The minimum Gasteiger partial charge on any atom is -0.444 e. The molecule has 1 unspecified atom stereocenters. The lowest BCUT2D eigenvalue weighted by atomic mass is 9.91. The maximum atomic E-state index is 11.8. The molecule has 0 radical (unpaired) electrons. The number of hydrogen-bond donors (Lipinski definition) is 2. The molecule has 0 saturated carbocycles. The molecule has 0 aromatic carbocycles. The summed E-state index contributed by atoms with van der Waals surface area (Å²) in [7, 11) is 0. The van der Waals surface area contributed by atoms with Gasteiger partial charge in [-0.3, -0.25) is 0 Å². The second kappa shape index (κ2) is 6.38. The molecule has 1 rings (SSSR count). The average Bonchev–Trinajstić information content (AvgIpc) is 2.27. The van der Waals surface area contributed by atoms with Crippen molar-refractivity contribution in [2.75, 3.05) is 19.7 Å². The number of aliphatic hydroxyl groups is 1. The molecule has 1 saturated heterocycles. The van der Waals surface area contributed by atoms with Crippen LogP contribution in [-0.4, -0.2) is 47.4 Å². The summed E-state index contributed by atoms with van der Waals surface area (Å²) >= 11 is 0. The van der Waals surface area contributed by atoms with Crippen molar-refractivity contribution in [1.29, 1.82) is 0 Å². The van der Waals surface area contributed by atoms with E-state index in [2.05, 4.69) is 0 Å². The van der Waals surface area contributed by atoms with Crippen LogP contribution in [0.5, 0.6) is 0 Å². The SMILES string of the molecule is CC(C)(C)OC(=O)N1CCC(CC(N)CO)CC1. The summed E-state index contributed by atoms with van der Waals surface area (Å²) in [6.45, 7) is 7.09. The lowest BCUT2D eigenvalue weighted by Gasteiger charge is -2.34. The van der Waals surface area contributed by atoms with E-state index in [-0.39, 0.29) is 18.7 Å². The first-order valence-electron chi connectivity index (χ1n) is 6.66. The number of nitrogens with zero attached hydrogens (tertiary/aromatic N) is 1. The molecule has 5 heteroatoms. The first-order chi connectivity index (χ1) is 8.31. The predicted octanol–water partition coefficient (Wildman–Crippen LogP) is 1.34. The molecule has 18 heavy (non-hydrogen) atoms. The number of piperidine rings is 1. The first kappa shape index (κ1) is 15.2. The number of likely N-dealkylation sites (tertiary alicyclic amines) is 1. The Kier molecular flexibility index (Phi) is 5.41. The van der Waals surface area contributed by atoms with E-state index in [4.69, 9.17) is 15.6 Å². The average molecular weight is 258 g/mol. The van der Waals surface area contributed by atoms with E-state index >= 15 is 0 Å². The third-order valence-corrected chi connectivity index (χ3v) is 3.14. The highest BCUT2D eigenvalue weighted by atomic mass is 16.6. The first-order valence-corrected chi connectivity index (χ1v) is 6.66. The van der Waals surface area contributed by atoms with Gasteiger partial charge in [0, 0.05) is 19.1 Å². The smallest absolute Gasteiger partial charge is 0.410 e. The fraction of sp³-hybridized carbons (Fsp3) is 0.923. The van der Waals surface area contributed by atoms with Crippen LogP contribution in [0.4, 0.5) is 4.79 Å². The molecule has 1 heterocycles. The van der Waals surface area contributed by atoms with Crippen LogP contribution in [-0.2, 0) is 4.74 Å². The number of amides is 1. The Labute approximate surface area is 109 Å². The van der Waals surface area contributed by atoms with Crippen LogP contribution in [0.1, 0.15) is 40.0 Å². The standard InChI is InChI=1S/C13H26N2O3/c1-13(2,3)18-12(17)15-6-4-10(5-7-15)8-11(14)9-16/h10-11,16H,4-9,14H2,1-3H3. The summed E-state index contributed by atoms with van der Waals surface area (Å²) in [5.74, 6) is 0.505. The van der Waals surface area contributed by atoms with Gasteiger partial charge in [-0.1, -0.05) is 0 Å². The minimum atomic E-state index is -0.437. The van der Waals surface area contributed by atoms with Crippen LogP contribution >= 0.6 is 0 Å². The van der Waals surface area contributed by atoms with Crippen molar-refractivity contribution in [3.05, 3.63) is 0 Å². The molecule has 0 spiro atoms. The molecule has 3 N–H and O–H groups in total. The van der Waals surface area contributed by atoms with E-state index < -0.39 is 5.60 Å². The van der Waals surface area contributed by atoms with E-state index in [9.17, 15) is 4.79 Å². The van der Waals surface area contributed by atoms with Crippen molar-refractivity contribution in [2.45, 2.75) is 51.7 Å². The van der Waals surface area contributed by atoms with Crippen LogP contribution in [0.2, 0.25) is 0 Å². The fourth-order valence-electron chi connectivity index (χ4n) is 2.18. The van der Waals surface area contributed by atoms with E-state index in [1.807, 2.05) is 20.8 Å². The van der Waals surface area contributed by atoms with E-state index in [1.165, 1.54) is 0 Å². The van der Waals surface area contributed by atoms with Gasteiger partial charge >= 0.3 is 6.09 Å². The van der Waals surface area contributed by atoms with Gasteiger partial charge in [0.2, 0.25) is 0 Å². The molecule has 106 valence electrons. The summed E-state index contributed by atoms with van der Waals surface area (Å²) in [5.41, 5.74) is 5.29. The number of ether oxygens (including phenoxy) is 1. The van der Waals surface area contributed by atoms with Crippen molar-refractivity contribution in [1.82, 2.24) is 4.90 Å². The van der Waals surface area contributed by atoms with Gasteiger partial charge in [0.15, 0.2) is 0 Å². The molecule has 0 aliphatic carbocycles. The summed E-state index contributed by atoms with van der Waals surface area (Å²) < 4.78 is 5.34. The summed E-state index contributed by atoms with van der Waals surface area (Å²) in [6.07, 6.45) is 2.48. The number of aliphatic hydroxyl groups excluding tert-OH is 1. The van der Waals surface area contributed by atoms with E-state index in [1.54, 1.807) is 4.90 Å². The highest BCUT2D eigenvalue weighted by Gasteiger charge is 2.27. The molecule has 1 aliphatic heterocycles. The molecule has 0 bridgehead atoms. The van der Waals surface area contributed by atoms with Gasteiger partial charge in [-0.25, -0.2) is 4.79 Å². The van der Waals surface area contributed by atoms with Crippen LogP contribution in [0.25, 0.3) is 0 Å². The van der Waals surface area contributed by atoms with Crippen molar-refractivity contribution >= 4 is 6.09 Å². The molecule has 0 aromatic heterocycles. The second-order valence-corrected chi connectivity index (χ2v) is 6.09. The molecular weight excluding hydrogens is 232 g/mol. The Morgan fingerprint density at radius 2 is 2.00 bits per heavy atom. The quantitative estimate of drug-likeness (QED) is 0.801. The molecule has 5 nitrogen and oxygen atoms in total. The Balaban J connectivity index is 2.33. The van der Waals surface area contributed by atoms with Gasteiger partial charge in [-0.15, -0.1) is 0 Å². The van der Waals surface area contributed by atoms with E-state index in [0.29, 0.717) is 5.92 Å². The van der Waals surface area contributed by atoms with Crippen molar-refractivity contribution < 1.29 is 14.6 Å². The van der Waals surface area contributed by atoms with Crippen LogP contribution < -0.4 is 5.73 Å². The predicted molar refractivity (Wildman–Crippen MR) is 70.2 cm³/mol. The van der Waals surface area contributed by atoms with Gasteiger partial charge in [0.05, 0.1) is 6.61 Å². The Morgan fingerprint density at radius 3 is 2.44 bits per heavy atom. The number of rotatable bonds is 3. The zero-order chi connectivity index (χ0) is 13.8. The third kappa shape index (κ3) is 5.23. The summed E-state index contributed by atoms with van der Waals surface area (Å²) in [5, 5.41) is 8.92. The van der Waals surface area contributed by atoms with Gasteiger partial charge in [-0.2, -0.15) is 0 Å². The Bertz CT molecular complexity index is 268. The third-order valence-electron chi connectivity index (χ3n) is 3.14. The lowest BCUT2D eigenvalue weighted by Crippen LogP contribution is -2.42. The summed E-state index contributed by atoms with van der Waals surface area (Å²) in [4.78, 5) is 13.6. The Morgan fingerprint density at radius 1 is 1.44 bits per heavy atom. The fourth-order valence-corrected chi connectivity index (χ4v) is 2.18. The molecule has 1 amide bonds. The molecular formula is C13H26N2O3. The lowest BCUT2D eigenvalue weighted by molar-refractivity contribution is 0.0177. The molecule has 1 fully saturated rings. The monoisotopic (exact) mass is 258 g/mol. The zero-order valence-corrected chi connectivity index (χ0v) is 11.7. The van der Waals surface area contributed by atoms with Gasteiger partial charge < -0.3 is 20.5 Å². The zero-order valence-electron chi connectivity index (χ0n) is 11.7. The largest absolute Gasteiger partial charge is 0.444 e. The number of carbonyl (C=O) groups excluding carboxylic acids is 1. The van der Waals surface area contributed by atoms with Crippen LogP contribution in [0.15, 0.2) is 0 Å². The maximum Gasteiger partial charge on any atom is 0.410 e. The second-order valence-electron chi connectivity index (χ2n) is 6.09. The van der Waals surface area contributed by atoms with Crippen LogP contribution in [0.3, 0.4) is 0 Å². The molecule has 1 aliphatic rings. The number of hydrogen-bond acceptors (Lipinski definition) is 4.